The van der Waals surface area contributed by atoms with Crippen molar-refractivity contribution in [3.05, 3.63) is 58.2 Å². The van der Waals surface area contributed by atoms with Gasteiger partial charge >= 0.3 is 5.97 Å². The van der Waals surface area contributed by atoms with E-state index in [1.807, 2.05) is 36.6 Å². The van der Waals surface area contributed by atoms with E-state index >= 15 is 0 Å². The number of hydrogen-bond acceptors (Lipinski definition) is 6. The van der Waals surface area contributed by atoms with Crippen molar-refractivity contribution in [2.45, 2.75) is 37.7 Å². The summed E-state index contributed by atoms with van der Waals surface area (Å²) in [5.74, 6) is -0.321. The Bertz CT molecular complexity index is 1070. The number of nitrogens with zero attached hydrogens (tertiary/aromatic N) is 2. The zero-order valence-corrected chi connectivity index (χ0v) is 17.7. The molecule has 0 aliphatic rings. The number of ether oxygens (including phenoxy) is 1. The first-order chi connectivity index (χ1) is 13.5. The van der Waals surface area contributed by atoms with Crippen LogP contribution < -0.4 is 5.56 Å². The van der Waals surface area contributed by atoms with E-state index in [1.54, 1.807) is 24.5 Å². The van der Waals surface area contributed by atoms with Crippen molar-refractivity contribution in [1.82, 2.24) is 9.55 Å². The number of carbonyl (C=O) groups excluding carboxylic acids is 1. The van der Waals surface area contributed by atoms with Crippen LogP contribution in [0.2, 0.25) is 0 Å². The van der Waals surface area contributed by atoms with Crippen molar-refractivity contribution in [2.24, 2.45) is 0 Å². The zero-order valence-electron chi connectivity index (χ0n) is 16.1. The van der Waals surface area contributed by atoms with Crippen molar-refractivity contribution in [1.29, 1.82) is 0 Å². The Morgan fingerprint density at radius 1 is 1.39 bits per heavy atom. The summed E-state index contributed by atoms with van der Waals surface area (Å²) >= 11 is 2.66. The second-order valence-corrected chi connectivity index (χ2v) is 8.47. The number of aromatic nitrogens is 2. The van der Waals surface area contributed by atoms with Crippen molar-refractivity contribution >= 4 is 39.3 Å². The highest BCUT2D eigenvalue weighted by Gasteiger charge is 2.22. The topological polar surface area (TPSA) is 61.2 Å². The molecule has 3 rings (SSSR count). The molecule has 146 valence electrons. The molecule has 0 spiro atoms. The van der Waals surface area contributed by atoms with Crippen molar-refractivity contribution in [3.8, 4) is 11.1 Å². The lowest BCUT2D eigenvalue weighted by Gasteiger charge is -2.14. The summed E-state index contributed by atoms with van der Waals surface area (Å²) < 4.78 is 6.64. The predicted molar refractivity (Wildman–Crippen MR) is 116 cm³/mol. The molecule has 0 bridgehead atoms. The molecule has 0 aliphatic heterocycles. The van der Waals surface area contributed by atoms with Crippen LogP contribution in [0.4, 0.5) is 0 Å². The summed E-state index contributed by atoms with van der Waals surface area (Å²) in [6.07, 6.45) is 1.66. The molecule has 1 atom stereocenters. The third kappa shape index (κ3) is 4.05. The molecule has 7 heteroatoms. The molecule has 1 aromatic carbocycles. The van der Waals surface area contributed by atoms with Gasteiger partial charge in [-0.15, -0.1) is 17.9 Å². The Morgan fingerprint density at radius 3 is 2.75 bits per heavy atom. The number of thiophene rings is 1. The zero-order chi connectivity index (χ0) is 20.3. The molecular formula is C21H22N2O3S2. The Hall–Kier alpha value is -2.38. The SMILES string of the molecule is C=CCn1c(SC(C)C(=O)OCC)nc2scc(-c3ccc(C)cc3)c2c1=O. The molecule has 5 nitrogen and oxygen atoms in total. The van der Waals surface area contributed by atoms with Crippen LogP contribution in [0.25, 0.3) is 21.3 Å². The van der Waals surface area contributed by atoms with E-state index in [1.165, 1.54) is 23.1 Å². The molecule has 0 saturated heterocycles. The van der Waals surface area contributed by atoms with Gasteiger partial charge in [0, 0.05) is 17.5 Å². The maximum Gasteiger partial charge on any atom is 0.319 e. The monoisotopic (exact) mass is 414 g/mol. The molecule has 3 aromatic rings. The minimum absolute atomic E-state index is 0.125. The smallest absolute Gasteiger partial charge is 0.319 e. The van der Waals surface area contributed by atoms with Crippen molar-refractivity contribution in [2.75, 3.05) is 6.61 Å². The maximum atomic E-state index is 13.3. The molecule has 0 amide bonds. The van der Waals surface area contributed by atoms with E-state index in [4.69, 9.17) is 4.74 Å². The second kappa shape index (κ2) is 8.75. The van der Waals surface area contributed by atoms with E-state index < -0.39 is 5.25 Å². The van der Waals surface area contributed by atoms with E-state index in [2.05, 4.69) is 11.6 Å². The van der Waals surface area contributed by atoms with Crippen LogP contribution in [0.1, 0.15) is 19.4 Å². The van der Waals surface area contributed by atoms with Gasteiger partial charge in [0.25, 0.3) is 5.56 Å². The van der Waals surface area contributed by atoms with Gasteiger partial charge < -0.3 is 4.74 Å². The van der Waals surface area contributed by atoms with Gasteiger partial charge in [0.2, 0.25) is 0 Å². The molecule has 1 unspecified atom stereocenters. The third-order valence-corrected chi connectivity index (χ3v) is 6.17. The first-order valence-electron chi connectivity index (χ1n) is 8.99. The van der Waals surface area contributed by atoms with Gasteiger partial charge in [0.05, 0.1) is 12.0 Å². The quantitative estimate of drug-likeness (QED) is 0.243. The van der Waals surface area contributed by atoms with E-state index in [0.29, 0.717) is 28.5 Å². The Labute approximate surface area is 172 Å². The number of hydrogen-bond donors (Lipinski definition) is 0. The normalized spacial score (nSPS) is 12.1. The minimum atomic E-state index is -0.461. The van der Waals surface area contributed by atoms with Crippen LogP contribution in [-0.2, 0) is 16.1 Å². The molecule has 2 heterocycles. The van der Waals surface area contributed by atoms with Gasteiger partial charge in [-0.25, -0.2) is 4.98 Å². The van der Waals surface area contributed by atoms with Crippen LogP contribution in [0, 0.1) is 6.92 Å². The number of rotatable bonds is 7. The van der Waals surface area contributed by atoms with Crippen LogP contribution >= 0.6 is 23.1 Å². The van der Waals surface area contributed by atoms with Gasteiger partial charge in [0.1, 0.15) is 10.1 Å². The lowest BCUT2D eigenvalue weighted by Crippen LogP contribution is -2.25. The molecule has 0 radical (unpaired) electrons. The summed E-state index contributed by atoms with van der Waals surface area (Å²) in [5.41, 5.74) is 2.91. The summed E-state index contributed by atoms with van der Waals surface area (Å²) in [6.45, 7) is 9.95. The Kier molecular flexibility index (Phi) is 6.36. The molecule has 0 N–H and O–H groups in total. The average Bonchev–Trinajstić information content (AvgIpc) is 3.09. The van der Waals surface area contributed by atoms with Gasteiger partial charge in [0.15, 0.2) is 5.16 Å². The molecule has 28 heavy (non-hydrogen) atoms. The number of carbonyl (C=O) groups is 1. The average molecular weight is 415 g/mol. The molecule has 0 fully saturated rings. The van der Waals surface area contributed by atoms with E-state index in [-0.39, 0.29) is 11.5 Å². The highest BCUT2D eigenvalue weighted by atomic mass is 32.2. The fraction of sp³-hybridized carbons (Fsp3) is 0.286. The minimum Gasteiger partial charge on any atom is -0.465 e. The number of fused-ring (bicyclic) bond motifs is 1. The van der Waals surface area contributed by atoms with Crippen LogP contribution in [0.5, 0.6) is 0 Å². The lowest BCUT2D eigenvalue weighted by atomic mass is 10.1. The maximum absolute atomic E-state index is 13.3. The number of allylic oxidation sites excluding steroid dienone is 1. The molecule has 0 saturated carbocycles. The van der Waals surface area contributed by atoms with Crippen molar-refractivity contribution < 1.29 is 9.53 Å². The van der Waals surface area contributed by atoms with E-state index in [9.17, 15) is 9.59 Å². The standard InChI is InChI=1S/C21H22N2O3S2/c1-5-11-23-19(24)17-16(15-9-7-13(3)8-10-15)12-27-18(17)22-21(23)28-14(4)20(25)26-6-2/h5,7-10,12,14H,1,6,11H2,2-4H3. The second-order valence-electron chi connectivity index (χ2n) is 6.31. The fourth-order valence-electron chi connectivity index (χ4n) is 2.80. The number of aryl methyl sites for hydroxylation is 1. The highest BCUT2D eigenvalue weighted by molar-refractivity contribution is 8.00. The molecule has 2 aromatic heterocycles. The van der Waals surface area contributed by atoms with Crippen LogP contribution in [0.15, 0.2) is 52.3 Å². The molecule has 0 aliphatic carbocycles. The summed E-state index contributed by atoms with van der Waals surface area (Å²) in [5, 5.41) is 2.60. The Balaban J connectivity index is 2.11. The highest BCUT2D eigenvalue weighted by Crippen LogP contribution is 2.33. The summed E-state index contributed by atoms with van der Waals surface area (Å²) in [7, 11) is 0. The number of esters is 1. The van der Waals surface area contributed by atoms with Gasteiger partial charge in [-0.3, -0.25) is 14.2 Å². The summed E-state index contributed by atoms with van der Waals surface area (Å²) in [6, 6.07) is 8.08. The first-order valence-corrected chi connectivity index (χ1v) is 10.8. The predicted octanol–water partition coefficient (Wildman–Crippen LogP) is 4.66. The van der Waals surface area contributed by atoms with Crippen molar-refractivity contribution in [3.63, 3.8) is 0 Å². The largest absolute Gasteiger partial charge is 0.465 e. The number of benzene rings is 1. The fourth-order valence-corrected chi connectivity index (χ4v) is 4.70. The summed E-state index contributed by atoms with van der Waals surface area (Å²) in [4.78, 5) is 30.7. The van der Waals surface area contributed by atoms with Crippen LogP contribution in [0.3, 0.4) is 0 Å². The van der Waals surface area contributed by atoms with E-state index in [0.717, 1.165) is 16.7 Å². The number of thioether (sulfide) groups is 1. The lowest BCUT2D eigenvalue weighted by molar-refractivity contribution is -0.142. The van der Waals surface area contributed by atoms with Gasteiger partial charge in [-0.05, 0) is 26.3 Å². The first kappa shape index (κ1) is 20.4. The molecular weight excluding hydrogens is 392 g/mol. The third-order valence-electron chi connectivity index (χ3n) is 4.23. The van der Waals surface area contributed by atoms with Gasteiger partial charge in [-0.2, -0.15) is 0 Å². The van der Waals surface area contributed by atoms with Gasteiger partial charge in [-0.1, -0.05) is 47.7 Å². The van der Waals surface area contributed by atoms with Crippen LogP contribution in [-0.4, -0.2) is 27.4 Å². The Morgan fingerprint density at radius 2 is 2.11 bits per heavy atom.